The van der Waals surface area contributed by atoms with Crippen LogP contribution >= 0.6 is 23.1 Å². The summed E-state index contributed by atoms with van der Waals surface area (Å²) in [7, 11) is 3.00. The van der Waals surface area contributed by atoms with Gasteiger partial charge in [0.2, 0.25) is 5.13 Å². The van der Waals surface area contributed by atoms with Gasteiger partial charge < -0.3 is 19.4 Å². The number of nitrogens with one attached hydrogen (secondary N) is 1. The predicted octanol–water partition coefficient (Wildman–Crippen LogP) is 3.77. The summed E-state index contributed by atoms with van der Waals surface area (Å²) in [4.78, 5) is 24.5. The van der Waals surface area contributed by atoms with Crippen molar-refractivity contribution < 1.29 is 19.1 Å². The summed E-state index contributed by atoms with van der Waals surface area (Å²) in [6, 6.07) is 9.00. The zero-order chi connectivity index (χ0) is 22.4. The van der Waals surface area contributed by atoms with E-state index in [1.807, 2.05) is 36.6 Å². The molecule has 10 heteroatoms. The van der Waals surface area contributed by atoms with E-state index in [1.165, 1.54) is 30.2 Å². The second-order valence-corrected chi connectivity index (χ2v) is 8.86. The third kappa shape index (κ3) is 5.52. The van der Waals surface area contributed by atoms with Crippen molar-refractivity contribution in [1.82, 2.24) is 14.8 Å². The summed E-state index contributed by atoms with van der Waals surface area (Å²) >= 11 is 2.79. The van der Waals surface area contributed by atoms with E-state index >= 15 is 0 Å². The molecule has 0 aliphatic carbocycles. The van der Waals surface area contributed by atoms with Crippen LogP contribution in [0, 0.1) is 13.8 Å². The molecule has 2 aromatic heterocycles. The van der Waals surface area contributed by atoms with Crippen molar-refractivity contribution in [3.05, 3.63) is 52.8 Å². The highest BCUT2D eigenvalue weighted by atomic mass is 32.2. The number of methoxy groups -OCH3 is 2. The zero-order valence-corrected chi connectivity index (χ0v) is 19.4. The molecule has 1 N–H and O–H groups in total. The second-order valence-electron chi connectivity index (χ2n) is 6.66. The Morgan fingerprint density at radius 3 is 2.58 bits per heavy atom. The molecular formula is C21H24N4O4S2. The van der Waals surface area contributed by atoms with Crippen LogP contribution in [-0.2, 0) is 9.47 Å². The van der Waals surface area contributed by atoms with Crippen molar-refractivity contribution in [2.45, 2.75) is 18.2 Å². The largest absolute Gasteiger partial charge is 0.465 e. The molecular weight excluding hydrogens is 436 g/mol. The van der Waals surface area contributed by atoms with E-state index in [0.717, 1.165) is 21.4 Å². The van der Waals surface area contributed by atoms with Crippen LogP contribution in [0.25, 0.3) is 5.69 Å². The predicted molar refractivity (Wildman–Crippen MR) is 122 cm³/mol. The van der Waals surface area contributed by atoms with Crippen LogP contribution < -0.4 is 5.32 Å². The molecule has 0 spiro atoms. The first kappa shape index (κ1) is 23.0. The van der Waals surface area contributed by atoms with Gasteiger partial charge in [0.25, 0.3) is 0 Å². The number of hydrogen-bond donors (Lipinski definition) is 1. The monoisotopic (exact) mass is 460 g/mol. The Bertz CT molecular complexity index is 1060. The Balaban J connectivity index is 1.68. The molecule has 0 aliphatic heterocycles. The number of carbonyl (C=O) groups is 2. The van der Waals surface area contributed by atoms with Crippen molar-refractivity contribution in [2.75, 3.05) is 38.4 Å². The second kappa shape index (κ2) is 10.6. The van der Waals surface area contributed by atoms with E-state index in [2.05, 4.69) is 15.5 Å². The summed E-state index contributed by atoms with van der Waals surface area (Å²) in [5, 5.41) is 12.0. The number of aryl methyl sites for hydroxylation is 1. The Morgan fingerprint density at radius 1 is 1.16 bits per heavy atom. The number of anilines is 1. The molecule has 0 bridgehead atoms. The van der Waals surface area contributed by atoms with E-state index in [-0.39, 0.29) is 17.5 Å². The number of aromatic nitrogens is 3. The first-order valence-electron chi connectivity index (χ1n) is 9.54. The van der Waals surface area contributed by atoms with Gasteiger partial charge in [0.1, 0.15) is 0 Å². The average Bonchev–Trinajstić information content (AvgIpc) is 3.35. The molecule has 1 aromatic carbocycles. The van der Waals surface area contributed by atoms with Crippen LogP contribution in [0.3, 0.4) is 0 Å². The standard InChI is InChI=1S/C21H24N4O4S2/c1-13-11-17(14(2)25(13)16-7-5-15(6-8-16)19(27)29-4)18(26)12-30-21-24-23-20(31-21)22-9-10-28-3/h5-8,11H,9-10,12H2,1-4H3,(H,22,23). The van der Waals surface area contributed by atoms with Crippen LogP contribution in [0.15, 0.2) is 34.7 Å². The molecule has 0 fully saturated rings. The number of nitrogens with zero attached hydrogens (tertiary/aromatic N) is 3. The fraction of sp³-hybridized carbons (Fsp3) is 0.333. The maximum Gasteiger partial charge on any atom is 0.337 e. The third-order valence-electron chi connectivity index (χ3n) is 4.59. The Morgan fingerprint density at radius 2 is 1.90 bits per heavy atom. The number of rotatable bonds is 10. The average molecular weight is 461 g/mol. The van der Waals surface area contributed by atoms with Gasteiger partial charge >= 0.3 is 5.97 Å². The molecule has 8 nitrogen and oxygen atoms in total. The van der Waals surface area contributed by atoms with E-state index in [1.54, 1.807) is 19.2 Å². The Kier molecular flexibility index (Phi) is 7.83. The highest BCUT2D eigenvalue weighted by molar-refractivity contribution is 8.01. The van der Waals surface area contributed by atoms with Gasteiger partial charge in [0, 0.05) is 36.3 Å². The molecule has 0 radical (unpaired) electrons. The lowest BCUT2D eigenvalue weighted by Gasteiger charge is -2.10. The maximum absolute atomic E-state index is 12.9. The van der Waals surface area contributed by atoms with Crippen LogP contribution in [0.1, 0.15) is 32.1 Å². The van der Waals surface area contributed by atoms with Crippen LogP contribution in [-0.4, -0.2) is 59.6 Å². The minimum atomic E-state index is -0.380. The lowest BCUT2D eigenvalue weighted by Crippen LogP contribution is -2.06. The zero-order valence-electron chi connectivity index (χ0n) is 17.8. The number of ketones is 1. The number of Topliss-reactive ketones (excluding diaryl/α,β-unsaturated/α-hetero) is 1. The normalized spacial score (nSPS) is 10.8. The summed E-state index contributed by atoms with van der Waals surface area (Å²) in [6.07, 6.45) is 0. The van der Waals surface area contributed by atoms with Gasteiger partial charge in [0.15, 0.2) is 10.1 Å². The molecule has 0 saturated carbocycles. The van der Waals surface area contributed by atoms with Crippen molar-refractivity contribution >= 4 is 40.0 Å². The van der Waals surface area contributed by atoms with Gasteiger partial charge in [-0.25, -0.2) is 4.79 Å². The number of thioether (sulfide) groups is 1. The first-order chi connectivity index (χ1) is 14.9. The SMILES string of the molecule is COCCNc1nnc(SCC(=O)c2cc(C)n(-c3ccc(C(=O)OC)cc3)c2C)s1. The molecule has 3 rings (SSSR count). The molecule has 0 amide bonds. The van der Waals surface area contributed by atoms with Gasteiger partial charge in [0.05, 0.1) is 25.0 Å². The topological polar surface area (TPSA) is 95.3 Å². The van der Waals surface area contributed by atoms with Crippen molar-refractivity contribution in [3.8, 4) is 5.69 Å². The summed E-state index contributed by atoms with van der Waals surface area (Å²) in [5.41, 5.74) is 3.83. The molecule has 0 aliphatic rings. The quantitative estimate of drug-likeness (QED) is 0.211. The van der Waals surface area contributed by atoms with Crippen LogP contribution in [0.4, 0.5) is 5.13 Å². The first-order valence-corrected chi connectivity index (χ1v) is 11.3. The fourth-order valence-electron chi connectivity index (χ4n) is 3.11. The highest BCUT2D eigenvalue weighted by Gasteiger charge is 2.18. The Hall–Kier alpha value is -2.69. The molecule has 0 atom stereocenters. The maximum atomic E-state index is 12.9. The van der Waals surface area contributed by atoms with Crippen molar-refractivity contribution in [2.24, 2.45) is 0 Å². The van der Waals surface area contributed by atoms with Gasteiger partial charge in [-0.3, -0.25) is 4.79 Å². The third-order valence-corrected chi connectivity index (χ3v) is 6.61. The summed E-state index contributed by atoms with van der Waals surface area (Å²) in [6.45, 7) is 5.11. The fourth-order valence-corrected chi connectivity index (χ4v) is 4.77. The molecule has 2 heterocycles. The number of carbonyl (C=O) groups excluding carboxylic acids is 2. The van der Waals surface area contributed by atoms with E-state index in [0.29, 0.717) is 29.4 Å². The van der Waals surface area contributed by atoms with Crippen LogP contribution in [0.5, 0.6) is 0 Å². The van der Waals surface area contributed by atoms with E-state index < -0.39 is 0 Å². The van der Waals surface area contributed by atoms with Gasteiger partial charge in [-0.05, 0) is 44.2 Å². The lowest BCUT2D eigenvalue weighted by molar-refractivity contribution is 0.0600. The van der Waals surface area contributed by atoms with Gasteiger partial charge in [-0.15, -0.1) is 10.2 Å². The van der Waals surface area contributed by atoms with Gasteiger partial charge in [-0.1, -0.05) is 23.1 Å². The van der Waals surface area contributed by atoms with E-state index in [4.69, 9.17) is 9.47 Å². The number of esters is 1. The summed E-state index contributed by atoms with van der Waals surface area (Å²) < 4.78 is 12.5. The highest BCUT2D eigenvalue weighted by Crippen LogP contribution is 2.28. The number of ether oxygens (including phenoxy) is 2. The van der Waals surface area contributed by atoms with E-state index in [9.17, 15) is 9.59 Å². The van der Waals surface area contributed by atoms with Crippen molar-refractivity contribution in [1.29, 1.82) is 0 Å². The van der Waals surface area contributed by atoms with Gasteiger partial charge in [-0.2, -0.15) is 0 Å². The molecule has 0 saturated heterocycles. The minimum absolute atomic E-state index is 0.0274. The molecule has 164 valence electrons. The number of benzene rings is 1. The molecule has 0 unspecified atom stereocenters. The minimum Gasteiger partial charge on any atom is -0.465 e. The van der Waals surface area contributed by atoms with Crippen molar-refractivity contribution in [3.63, 3.8) is 0 Å². The van der Waals surface area contributed by atoms with Crippen LogP contribution in [0.2, 0.25) is 0 Å². The summed E-state index contributed by atoms with van der Waals surface area (Å²) in [5.74, 6) is -0.0769. The molecule has 3 aromatic rings. The molecule has 31 heavy (non-hydrogen) atoms. The smallest absolute Gasteiger partial charge is 0.337 e. The Labute approximate surface area is 189 Å². The number of hydrogen-bond acceptors (Lipinski definition) is 9. The lowest BCUT2D eigenvalue weighted by atomic mass is 10.2.